The van der Waals surface area contributed by atoms with Crippen molar-refractivity contribution in [3.05, 3.63) is 59.7 Å². The molecule has 1 aliphatic rings. The second kappa shape index (κ2) is 6.23. The second-order valence-electron chi connectivity index (χ2n) is 5.68. The van der Waals surface area contributed by atoms with Crippen LogP contribution in [0, 0.1) is 6.92 Å². The number of aromatic nitrogens is 2. The van der Waals surface area contributed by atoms with Crippen molar-refractivity contribution in [2.24, 2.45) is 0 Å². The van der Waals surface area contributed by atoms with Crippen LogP contribution in [0.25, 0.3) is 0 Å². The predicted molar refractivity (Wildman–Crippen MR) is 82.4 cm³/mol. The third kappa shape index (κ3) is 2.99. The van der Waals surface area contributed by atoms with Gasteiger partial charge in [0.05, 0.1) is 17.7 Å². The first-order chi connectivity index (χ1) is 10.6. The molecule has 0 saturated carbocycles. The molecule has 5 heteroatoms. The quantitative estimate of drug-likeness (QED) is 0.934. The van der Waals surface area contributed by atoms with Crippen molar-refractivity contribution in [2.45, 2.75) is 31.9 Å². The molecule has 1 N–H and O–H groups in total. The van der Waals surface area contributed by atoms with Crippen LogP contribution in [0.4, 0.5) is 0 Å². The minimum atomic E-state index is -0.498. The van der Waals surface area contributed by atoms with Gasteiger partial charge in [0.15, 0.2) is 0 Å². The topological polar surface area (TPSA) is 66.3 Å². The van der Waals surface area contributed by atoms with Crippen molar-refractivity contribution in [3.63, 3.8) is 0 Å². The molecule has 22 heavy (non-hydrogen) atoms. The van der Waals surface area contributed by atoms with Crippen molar-refractivity contribution in [3.8, 4) is 0 Å². The lowest BCUT2D eigenvalue weighted by Gasteiger charge is -2.26. The van der Waals surface area contributed by atoms with E-state index in [4.69, 9.17) is 0 Å². The number of pyridine rings is 2. The number of carbonyl (C=O) groups excluding carboxylic acids is 1. The Morgan fingerprint density at radius 1 is 1.36 bits per heavy atom. The Labute approximate surface area is 129 Å². The van der Waals surface area contributed by atoms with E-state index in [0.29, 0.717) is 24.9 Å². The molecule has 2 aromatic heterocycles. The maximum absolute atomic E-state index is 12.7. The zero-order valence-corrected chi connectivity index (χ0v) is 12.5. The van der Waals surface area contributed by atoms with E-state index in [1.54, 1.807) is 29.6 Å². The number of aliphatic hydroxyl groups is 1. The number of amides is 1. The number of hydrogen-bond donors (Lipinski definition) is 1. The number of aryl methyl sites for hydroxylation is 1. The molecule has 2 atom stereocenters. The molecule has 1 aliphatic heterocycles. The highest BCUT2D eigenvalue weighted by molar-refractivity contribution is 5.94. The second-order valence-corrected chi connectivity index (χ2v) is 5.68. The summed E-state index contributed by atoms with van der Waals surface area (Å²) in [7, 11) is 0. The summed E-state index contributed by atoms with van der Waals surface area (Å²) in [6.07, 6.45) is 5.82. The first-order valence-corrected chi connectivity index (χ1v) is 7.46. The highest BCUT2D eigenvalue weighted by Gasteiger charge is 2.36. The van der Waals surface area contributed by atoms with Gasteiger partial charge in [-0.2, -0.15) is 0 Å². The van der Waals surface area contributed by atoms with Crippen molar-refractivity contribution in [2.75, 3.05) is 6.54 Å². The van der Waals surface area contributed by atoms with Gasteiger partial charge in [0, 0.05) is 30.8 Å². The molecule has 3 heterocycles. The molecule has 5 nitrogen and oxygen atoms in total. The number of carbonyl (C=O) groups is 1. The van der Waals surface area contributed by atoms with Gasteiger partial charge in [0.1, 0.15) is 0 Å². The van der Waals surface area contributed by atoms with Gasteiger partial charge < -0.3 is 10.0 Å². The van der Waals surface area contributed by atoms with Gasteiger partial charge in [0.2, 0.25) is 0 Å². The first-order valence-electron chi connectivity index (χ1n) is 7.46. The fraction of sp³-hybridized carbons (Fsp3) is 0.353. The van der Waals surface area contributed by atoms with E-state index in [1.807, 2.05) is 25.1 Å². The molecule has 1 saturated heterocycles. The van der Waals surface area contributed by atoms with Crippen LogP contribution in [0.5, 0.6) is 0 Å². The van der Waals surface area contributed by atoms with Gasteiger partial charge in [-0.15, -0.1) is 0 Å². The molecule has 2 aromatic rings. The number of hydrogen-bond acceptors (Lipinski definition) is 4. The van der Waals surface area contributed by atoms with Gasteiger partial charge in [-0.3, -0.25) is 14.8 Å². The molecular formula is C17H19N3O2. The third-order valence-electron chi connectivity index (χ3n) is 4.10. The maximum atomic E-state index is 12.7. The molecule has 1 amide bonds. The Morgan fingerprint density at radius 3 is 2.91 bits per heavy atom. The van der Waals surface area contributed by atoms with Crippen LogP contribution in [-0.2, 0) is 6.42 Å². The standard InChI is InChI=1S/C17H19N3O2/c1-12-4-5-14(11-19-12)17(22)20-8-6-16(21)15(20)9-13-3-2-7-18-10-13/h2-5,7,10-11,15-16,21H,6,8-9H2,1H3/t15-,16-/m1/s1. The number of likely N-dealkylation sites (tertiary alicyclic amines) is 1. The summed E-state index contributed by atoms with van der Waals surface area (Å²) in [5, 5.41) is 10.2. The van der Waals surface area contributed by atoms with E-state index in [1.165, 1.54) is 0 Å². The SMILES string of the molecule is Cc1ccc(C(=O)N2CC[C@@H](O)[C@H]2Cc2cccnc2)cn1. The zero-order valence-electron chi connectivity index (χ0n) is 12.5. The predicted octanol–water partition coefficient (Wildman–Crippen LogP) is 1.60. The summed E-state index contributed by atoms with van der Waals surface area (Å²) in [6, 6.07) is 7.24. The highest BCUT2D eigenvalue weighted by Crippen LogP contribution is 2.23. The summed E-state index contributed by atoms with van der Waals surface area (Å²) in [5.74, 6) is -0.0714. The number of rotatable bonds is 3. The van der Waals surface area contributed by atoms with E-state index in [0.717, 1.165) is 11.3 Å². The molecule has 0 aliphatic carbocycles. The molecule has 0 aromatic carbocycles. The van der Waals surface area contributed by atoms with Crippen molar-refractivity contribution < 1.29 is 9.90 Å². The van der Waals surface area contributed by atoms with Gasteiger partial charge in [-0.1, -0.05) is 6.07 Å². The van der Waals surface area contributed by atoms with E-state index < -0.39 is 6.10 Å². The fourth-order valence-corrected chi connectivity index (χ4v) is 2.86. The van der Waals surface area contributed by atoms with Crippen molar-refractivity contribution >= 4 is 5.91 Å². The monoisotopic (exact) mass is 297 g/mol. The molecule has 1 fully saturated rings. The minimum absolute atomic E-state index is 0.0714. The molecule has 0 radical (unpaired) electrons. The smallest absolute Gasteiger partial charge is 0.255 e. The van der Waals surface area contributed by atoms with Gasteiger partial charge in [0.25, 0.3) is 5.91 Å². The van der Waals surface area contributed by atoms with Gasteiger partial charge in [-0.25, -0.2) is 0 Å². The average Bonchev–Trinajstić information content (AvgIpc) is 2.89. The molecule has 3 rings (SSSR count). The van der Waals surface area contributed by atoms with Crippen molar-refractivity contribution in [1.82, 2.24) is 14.9 Å². The first kappa shape index (κ1) is 14.7. The summed E-state index contributed by atoms with van der Waals surface area (Å²) in [4.78, 5) is 22.7. The molecule has 0 bridgehead atoms. The lowest BCUT2D eigenvalue weighted by atomic mass is 10.0. The lowest BCUT2D eigenvalue weighted by Crippen LogP contribution is -2.41. The lowest BCUT2D eigenvalue weighted by molar-refractivity contribution is 0.0639. The largest absolute Gasteiger partial charge is 0.391 e. The Hall–Kier alpha value is -2.27. The molecule has 0 unspecified atom stereocenters. The van der Waals surface area contributed by atoms with Crippen LogP contribution < -0.4 is 0 Å². The van der Waals surface area contributed by atoms with Crippen LogP contribution >= 0.6 is 0 Å². The average molecular weight is 297 g/mol. The summed E-state index contributed by atoms with van der Waals surface area (Å²) in [6.45, 7) is 2.46. The van der Waals surface area contributed by atoms with E-state index in [9.17, 15) is 9.90 Å². The van der Waals surface area contributed by atoms with E-state index in [2.05, 4.69) is 9.97 Å². The Bertz CT molecular complexity index is 643. The Morgan fingerprint density at radius 2 is 2.23 bits per heavy atom. The summed E-state index contributed by atoms with van der Waals surface area (Å²) in [5.41, 5.74) is 2.47. The summed E-state index contributed by atoms with van der Waals surface area (Å²) < 4.78 is 0. The van der Waals surface area contributed by atoms with Gasteiger partial charge >= 0.3 is 0 Å². The maximum Gasteiger partial charge on any atom is 0.255 e. The minimum Gasteiger partial charge on any atom is -0.391 e. The van der Waals surface area contributed by atoms with Crippen molar-refractivity contribution in [1.29, 1.82) is 0 Å². The van der Waals surface area contributed by atoms with Gasteiger partial charge in [-0.05, 0) is 43.5 Å². The van der Waals surface area contributed by atoms with E-state index in [-0.39, 0.29) is 11.9 Å². The van der Waals surface area contributed by atoms with Crippen LogP contribution in [0.15, 0.2) is 42.9 Å². The van der Waals surface area contributed by atoms with Crippen LogP contribution in [0.2, 0.25) is 0 Å². The Balaban J connectivity index is 1.79. The highest BCUT2D eigenvalue weighted by atomic mass is 16.3. The number of aliphatic hydroxyl groups excluding tert-OH is 1. The molecule has 0 spiro atoms. The third-order valence-corrected chi connectivity index (χ3v) is 4.10. The number of nitrogens with zero attached hydrogens (tertiary/aromatic N) is 3. The van der Waals surface area contributed by atoms with Crippen LogP contribution in [0.1, 0.15) is 28.0 Å². The normalized spacial score (nSPS) is 21.1. The zero-order chi connectivity index (χ0) is 15.5. The van der Waals surface area contributed by atoms with Crippen LogP contribution in [-0.4, -0.2) is 44.6 Å². The summed E-state index contributed by atoms with van der Waals surface area (Å²) >= 11 is 0. The molecular weight excluding hydrogens is 278 g/mol. The van der Waals surface area contributed by atoms with E-state index >= 15 is 0 Å². The Kier molecular flexibility index (Phi) is 4.15. The van der Waals surface area contributed by atoms with Crippen LogP contribution in [0.3, 0.4) is 0 Å². The fourth-order valence-electron chi connectivity index (χ4n) is 2.86. The molecule has 114 valence electrons.